The third-order valence-corrected chi connectivity index (χ3v) is 2.07. The summed E-state index contributed by atoms with van der Waals surface area (Å²) in [6.07, 6.45) is 3.34. The Bertz CT molecular complexity index is 496. The summed E-state index contributed by atoms with van der Waals surface area (Å²) in [5, 5.41) is 2.88. The molecule has 0 aromatic carbocycles. The van der Waals surface area contributed by atoms with Crippen LogP contribution < -0.4 is 5.32 Å². The number of nitrogens with zero attached hydrogens (tertiary/aromatic N) is 5. The van der Waals surface area contributed by atoms with Gasteiger partial charge in [-0.25, -0.2) is 4.98 Å². The third kappa shape index (κ3) is 3.26. The van der Waals surface area contributed by atoms with Crippen molar-refractivity contribution in [1.82, 2.24) is 24.5 Å². The Morgan fingerprint density at radius 1 is 1.29 bits per heavy atom. The van der Waals surface area contributed by atoms with Crippen molar-refractivity contribution in [3.05, 3.63) is 23.1 Å². The highest BCUT2D eigenvalue weighted by Gasteiger charge is 2.05. The molecule has 17 heavy (non-hydrogen) atoms. The summed E-state index contributed by atoms with van der Waals surface area (Å²) in [5.41, 5.74) is 0. The normalized spacial score (nSPS) is 10.5. The fourth-order valence-electron chi connectivity index (χ4n) is 1.14. The second-order valence-electron chi connectivity index (χ2n) is 3.01. The number of hydrogen-bond acceptors (Lipinski definition) is 6. The van der Waals surface area contributed by atoms with E-state index in [1.165, 1.54) is 0 Å². The Hall–Kier alpha value is -1.44. The van der Waals surface area contributed by atoms with Crippen LogP contribution in [0.3, 0.4) is 0 Å². The maximum absolute atomic E-state index is 5.64. The van der Waals surface area contributed by atoms with E-state index in [1.54, 1.807) is 24.2 Å². The number of rotatable bonds is 4. The molecule has 0 radical (unpaired) electrons. The summed E-state index contributed by atoms with van der Waals surface area (Å²) >= 11 is 11.3. The number of halogens is 2. The van der Waals surface area contributed by atoms with Gasteiger partial charge >= 0.3 is 0 Å². The molecule has 2 aromatic heterocycles. The van der Waals surface area contributed by atoms with Crippen LogP contribution in [0.25, 0.3) is 0 Å². The zero-order valence-electron chi connectivity index (χ0n) is 8.76. The molecule has 2 aromatic rings. The molecule has 0 unspecified atom stereocenters. The number of ether oxygens (including phenoxy) is 1. The average Bonchev–Trinajstić information content (AvgIpc) is 2.64. The quantitative estimate of drug-likeness (QED) is 0.915. The predicted molar refractivity (Wildman–Crippen MR) is 62.4 cm³/mol. The van der Waals surface area contributed by atoms with Crippen LogP contribution >= 0.6 is 23.2 Å². The number of imidazole rings is 1. The van der Waals surface area contributed by atoms with E-state index in [9.17, 15) is 0 Å². The topological polar surface area (TPSA) is 77.8 Å². The van der Waals surface area contributed by atoms with E-state index >= 15 is 0 Å². The van der Waals surface area contributed by atoms with Crippen LogP contribution in [0.4, 0.5) is 11.8 Å². The van der Waals surface area contributed by atoms with Crippen molar-refractivity contribution in [2.45, 2.75) is 6.73 Å². The number of nitrogens with one attached hydrogen (secondary N) is 1. The first-order chi connectivity index (χ1) is 8.17. The summed E-state index contributed by atoms with van der Waals surface area (Å²) in [4.78, 5) is 15.4. The van der Waals surface area contributed by atoms with E-state index in [0.717, 1.165) is 0 Å². The van der Waals surface area contributed by atoms with Gasteiger partial charge in [0.2, 0.25) is 16.5 Å². The molecule has 1 N–H and O–H groups in total. The first-order valence-corrected chi connectivity index (χ1v) is 5.28. The molecular weight excluding hydrogens is 267 g/mol. The van der Waals surface area contributed by atoms with Crippen molar-refractivity contribution in [3.8, 4) is 0 Å². The molecule has 0 bridgehead atoms. The number of anilines is 2. The predicted octanol–water partition coefficient (Wildman–Crippen LogP) is 1.72. The molecule has 0 aliphatic heterocycles. The van der Waals surface area contributed by atoms with Gasteiger partial charge in [0.25, 0.3) is 0 Å². The second kappa shape index (κ2) is 5.26. The average molecular weight is 275 g/mol. The van der Waals surface area contributed by atoms with E-state index in [0.29, 0.717) is 12.5 Å². The van der Waals surface area contributed by atoms with Crippen LogP contribution in [0.5, 0.6) is 0 Å². The minimum Gasteiger partial charge on any atom is -0.364 e. The number of hydrogen-bond donors (Lipinski definition) is 1. The molecule has 9 heteroatoms. The fraction of sp³-hybridized carbons (Fsp3) is 0.250. The Morgan fingerprint density at radius 3 is 2.65 bits per heavy atom. The molecule has 0 aliphatic rings. The van der Waals surface area contributed by atoms with Gasteiger partial charge < -0.3 is 14.6 Å². The minimum atomic E-state index is 0.0174. The van der Waals surface area contributed by atoms with Gasteiger partial charge in [-0.15, -0.1) is 0 Å². The van der Waals surface area contributed by atoms with Crippen LogP contribution in [0.2, 0.25) is 10.6 Å². The highest BCUT2D eigenvalue weighted by molar-refractivity contribution is 6.31. The zero-order chi connectivity index (χ0) is 12.3. The van der Waals surface area contributed by atoms with Gasteiger partial charge in [0.15, 0.2) is 5.82 Å². The van der Waals surface area contributed by atoms with E-state index < -0.39 is 0 Å². The van der Waals surface area contributed by atoms with Gasteiger partial charge in [0.1, 0.15) is 6.73 Å². The third-order valence-electron chi connectivity index (χ3n) is 1.73. The van der Waals surface area contributed by atoms with Crippen LogP contribution in [0.15, 0.2) is 12.5 Å². The molecule has 0 saturated carbocycles. The lowest BCUT2D eigenvalue weighted by Crippen LogP contribution is -2.00. The maximum Gasteiger partial charge on any atom is 0.234 e. The van der Waals surface area contributed by atoms with Crippen molar-refractivity contribution in [1.29, 1.82) is 0 Å². The Balaban J connectivity index is 2.13. The van der Waals surface area contributed by atoms with Crippen LogP contribution in [-0.2, 0) is 11.5 Å². The summed E-state index contributed by atoms with van der Waals surface area (Å²) in [6, 6.07) is 0. The zero-order valence-corrected chi connectivity index (χ0v) is 10.3. The Labute approximate surface area is 107 Å². The molecule has 90 valence electrons. The van der Waals surface area contributed by atoms with E-state index in [2.05, 4.69) is 25.3 Å². The van der Waals surface area contributed by atoms with Gasteiger partial charge in [-0.05, 0) is 23.2 Å². The first kappa shape index (κ1) is 12.0. The lowest BCUT2D eigenvalue weighted by atomic mass is 10.7. The van der Waals surface area contributed by atoms with Crippen LogP contribution in [0.1, 0.15) is 0 Å². The van der Waals surface area contributed by atoms with Gasteiger partial charge in [-0.1, -0.05) is 0 Å². The van der Waals surface area contributed by atoms with E-state index in [1.807, 2.05) is 0 Å². The Morgan fingerprint density at radius 2 is 2.00 bits per heavy atom. The monoisotopic (exact) mass is 274 g/mol. The molecule has 2 rings (SSSR count). The summed E-state index contributed by atoms with van der Waals surface area (Å²) in [5.74, 6) is 0.790. The minimum absolute atomic E-state index is 0.0174. The summed E-state index contributed by atoms with van der Waals surface area (Å²) in [7, 11) is 1.60. The molecule has 0 saturated heterocycles. The van der Waals surface area contributed by atoms with Crippen LogP contribution in [0, 0.1) is 0 Å². The van der Waals surface area contributed by atoms with Crippen LogP contribution in [-0.4, -0.2) is 31.6 Å². The van der Waals surface area contributed by atoms with Gasteiger partial charge in [-0.3, -0.25) is 0 Å². The van der Waals surface area contributed by atoms with Gasteiger partial charge in [0.05, 0.1) is 12.5 Å². The van der Waals surface area contributed by atoms with Crippen molar-refractivity contribution in [3.63, 3.8) is 0 Å². The number of methoxy groups -OCH3 is 1. The molecule has 0 fully saturated rings. The highest BCUT2D eigenvalue weighted by Crippen LogP contribution is 2.14. The fourth-order valence-corrected chi connectivity index (χ4v) is 1.50. The largest absolute Gasteiger partial charge is 0.364 e. The van der Waals surface area contributed by atoms with Crippen molar-refractivity contribution in [2.24, 2.45) is 0 Å². The van der Waals surface area contributed by atoms with Gasteiger partial charge in [-0.2, -0.15) is 15.0 Å². The maximum atomic E-state index is 5.64. The lowest BCUT2D eigenvalue weighted by molar-refractivity contribution is 0.131. The summed E-state index contributed by atoms with van der Waals surface area (Å²) < 4.78 is 6.68. The summed E-state index contributed by atoms with van der Waals surface area (Å²) in [6.45, 7) is 0.410. The molecule has 0 aliphatic carbocycles. The Kier molecular flexibility index (Phi) is 3.72. The number of aromatic nitrogens is 5. The molecule has 2 heterocycles. The van der Waals surface area contributed by atoms with E-state index in [-0.39, 0.29) is 16.5 Å². The smallest absolute Gasteiger partial charge is 0.234 e. The lowest BCUT2D eigenvalue weighted by Gasteiger charge is -2.01. The van der Waals surface area contributed by atoms with Crippen molar-refractivity contribution >= 4 is 35.0 Å². The second-order valence-corrected chi connectivity index (χ2v) is 3.69. The molecule has 0 spiro atoms. The van der Waals surface area contributed by atoms with Gasteiger partial charge in [0, 0.05) is 7.11 Å². The van der Waals surface area contributed by atoms with Crippen molar-refractivity contribution in [2.75, 3.05) is 12.4 Å². The molecular formula is C8H8Cl2N6O. The molecule has 0 amide bonds. The standard InChI is InChI=1S/C8H8Cl2N6O/c1-17-4-16-2-5(11-3-16)12-8-14-6(9)13-7(10)15-8/h2-3H,4H2,1H3,(H,12,13,14,15). The van der Waals surface area contributed by atoms with E-state index in [4.69, 9.17) is 27.9 Å². The molecule has 7 nitrogen and oxygen atoms in total. The SMILES string of the molecule is COCn1cnc(Nc2nc(Cl)nc(Cl)n2)c1. The molecule has 0 atom stereocenters. The highest BCUT2D eigenvalue weighted by atomic mass is 35.5. The van der Waals surface area contributed by atoms with Crippen molar-refractivity contribution < 1.29 is 4.74 Å². The first-order valence-electron chi connectivity index (χ1n) is 4.52.